The summed E-state index contributed by atoms with van der Waals surface area (Å²) in [5, 5.41) is 10.7. The van der Waals surface area contributed by atoms with Gasteiger partial charge < -0.3 is 10.8 Å². The van der Waals surface area contributed by atoms with Crippen molar-refractivity contribution in [3.8, 4) is 0 Å². The Morgan fingerprint density at radius 1 is 0.576 bits per heavy atom. The molecular weight excluding hydrogens is 410 g/mol. The van der Waals surface area contributed by atoms with Gasteiger partial charge in [0.15, 0.2) is 11.6 Å². The van der Waals surface area contributed by atoms with Gasteiger partial charge in [-0.05, 0) is 26.2 Å². The lowest BCUT2D eigenvalue weighted by molar-refractivity contribution is -0.159. The molecule has 0 amide bonds. The normalized spacial score (nSPS) is 13.8. The topological polar surface area (TPSA) is 80.4 Å². The summed E-state index contributed by atoms with van der Waals surface area (Å²) in [7, 11) is 0. The van der Waals surface area contributed by atoms with Gasteiger partial charge >= 0.3 is 0 Å². The number of aliphatic hydroxyl groups is 1. The Labute approximate surface area is 205 Å². The van der Waals surface area contributed by atoms with Crippen LogP contribution in [0.4, 0.5) is 0 Å². The fourth-order valence-corrected chi connectivity index (χ4v) is 5.09. The van der Waals surface area contributed by atoms with Crippen molar-refractivity contribution in [3.63, 3.8) is 0 Å². The van der Waals surface area contributed by atoms with Gasteiger partial charge in [0, 0.05) is 12.8 Å². The molecule has 4 heteroatoms. The molecule has 0 fully saturated rings. The Balaban J connectivity index is 4.44. The number of carbonyl (C=O) groups is 2. The van der Waals surface area contributed by atoms with E-state index in [9.17, 15) is 14.7 Å². The summed E-state index contributed by atoms with van der Waals surface area (Å²) in [6.07, 6.45) is 22.1. The van der Waals surface area contributed by atoms with Crippen LogP contribution in [0.2, 0.25) is 0 Å². The summed E-state index contributed by atoms with van der Waals surface area (Å²) in [6, 6.07) is 0. The van der Waals surface area contributed by atoms with Crippen LogP contribution in [0.5, 0.6) is 0 Å². The molecule has 0 spiro atoms. The molecule has 0 saturated heterocycles. The number of nitrogens with two attached hydrogens (primary N) is 1. The van der Waals surface area contributed by atoms with Gasteiger partial charge in [0.1, 0.15) is 11.1 Å². The average Bonchev–Trinajstić information content (AvgIpc) is 2.76. The molecular formula is C29H57NO3. The third-order valence-electron chi connectivity index (χ3n) is 7.36. The van der Waals surface area contributed by atoms with E-state index in [0.29, 0.717) is 12.8 Å². The van der Waals surface area contributed by atoms with Crippen molar-refractivity contribution in [2.75, 3.05) is 0 Å². The SMILES string of the molecule is CCCCCCCCCCCC(=O)C(CC)(C(=O)CCCCCCCCCCC)C(C)(N)O. The number of ketones is 2. The number of carbonyl (C=O) groups excluding carboxylic acids is 2. The second-order valence-corrected chi connectivity index (χ2v) is 10.4. The minimum Gasteiger partial charge on any atom is -0.375 e. The van der Waals surface area contributed by atoms with Gasteiger partial charge in [-0.25, -0.2) is 0 Å². The highest BCUT2D eigenvalue weighted by Crippen LogP contribution is 2.37. The molecule has 33 heavy (non-hydrogen) atoms. The molecule has 0 aromatic carbocycles. The third-order valence-corrected chi connectivity index (χ3v) is 7.36. The number of hydrogen-bond donors (Lipinski definition) is 2. The van der Waals surface area contributed by atoms with Crippen LogP contribution in [0, 0.1) is 5.41 Å². The summed E-state index contributed by atoms with van der Waals surface area (Å²) < 4.78 is 0. The Morgan fingerprint density at radius 3 is 1.09 bits per heavy atom. The van der Waals surface area contributed by atoms with Gasteiger partial charge in [0.2, 0.25) is 0 Å². The molecule has 0 heterocycles. The van der Waals surface area contributed by atoms with E-state index < -0.39 is 11.1 Å². The first-order valence-corrected chi connectivity index (χ1v) is 14.4. The van der Waals surface area contributed by atoms with E-state index >= 15 is 0 Å². The van der Waals surface area contributed by atoms with Gasteiger partial charge in [-0.15, -0.1) is 0 Å². The zero-order valence-corrected chi connectivity index (χ0v) is 22.7. The van der Waals surface area contributed by atoms with Crippen molar-refractivity contribution in [2.45, 2.75) is 168 Å². The molecule has 0 bridgehead atoms. The van der Waals surface area contributed by atoms with E-state index in [1.165, 1.54) is 84.0 Å². The summed E-state index contributed by atoms with van der Waals surface area (Å²) in [4.78, 5) is 26.4. The first-order valence-electron chi connectivity index (χ1n) is 14.4. The second-order valence-electron chi connectivity index (χ2n) is 10.4. The van der Waals surface area contributed by atoms with Gasteiger partial charge in [0.25, 0.3) is 0 Å². The van der Waals surface area contributed by atoms with E-state index in [0.717, 1.165) is 38.5 Å². The molecule has 1 unspecified atom stereocenters. The van der Waals surface area contributed by atoms with Crippen molar-refractivity contribution in [1.82, 2.24) is 0 Å². The zero-order valence-electron chi connectivity index (χ0n) is 22.7. The summed E-state index contributed by atoms with van der Waals surface area (Å²) in [6.45, 7) is 7.70. The van der Waals surface area contributed by atoms with E-state index in [4.69, 9.17) is 5.73 Å². The molecule has 0 aliphatic carbocycles. The highest BCUT2D eigenvalue weighted by molar-refractivity contribution is 6.08. The minimum absolute atomic E-state index is 0.165. The number of Topliss-reactive ketones (excluding diaryl/α,β-unsaturated/α-hetero) is 2. The summed E-state index contributed by atoms with van der Waals surface area (Å²) in [5.41, 5.74) is 2.78. The second kappa shape index (κ2) is 19.6. The number of unbranched alkanes of at least 4 members (excludes halogenated alkanes) is 16. The van der Waals surface area contributed by atoms with Crippen molar-refractivity contribution < 1.29 is 14.7 Å². The Hall–Kier alpha value is -0.740. The first kappa shape index (κ1) is 32.3. The van der Waals surface area contributed by atoms with Crippen molar-refractivity contribution >= 4 is 11.6 Å². The molecule has 0 aliphatic rings. The minimum atomic E-state index is -1.81. The highest BCUT2D eigenvalue weighted by Gasteiger charge is 2.53. The molecule has 0 rings (SSSR count). The number of rotatable bonds is 24. The lowest BCUT2D eigenvalue weighted by atomic mass is 9.67. The standard InChI is InChI=1S/C29H57NO3/c1-5-8-10-12-14-16-18-20-22-24-26(31)29(7-3,28(4,30)33)27(32)25-23-21-19-17-15-13-11-9-6-2/h33H,5-25,30H2,1-4H3. The lowest BCUT2D eigenvalue weighted by Gasteiger charge is -2.40. The van der Waals surface area contributed by atoms with Crippen molar-refractivity contribution in [3.05, 3.63) is 0 Å². The largest absolute Gasteiger partial charge is 0.375 e. The third kappa shape index (κ3) is 13.1. The maximum absolute atomic E-state index is 13.2. The van der Waals surface area contributed by atoms with Crippen LogP contribution >= 0.6 is 0 Å². The fraction of sp³-hybridized carbons (Fsp3) is 0.931. The summed E-state index contributed by atoms with van der Waals surface area (Å²) in [5.74, 6) is -0.331. The molecule has 0 saturated carbocycles. The maximum atomic E-state index is 13.2. The first-order chi connectivity index (χ1) is 15.8. The average molecular weight is 468 g/mol. The van der Waals surface area contributed by atoms with Crippen LogP contribution in [0.1, 0.15) is 163 Å². The number of hydrogen-bond acceptors (Lipinski definition) is 4. The zero-order chi connectivity index (χ0) is 25.0. The fourth-order valence-electron chi connectivity index (χ4n) is 5.09. The van der Waals surface area contributed by atoms with Gasteiger partial charge in [-0.1, -0.05) is 124 Å². The van der Waals surface area contributed by atoms with Gasteiger partial charge in [0.05, 0.1) is 0 Å². The lowest BCUT2D eigenvalue weighted by Crippen LogP contribution is -2.61. The van der Waals surface area contributed by atoms with Crippen LogP contribution in [0.25, 0.3) is 0 Å². The smallest absolute Gasteiger partial charge is 0.150 e. The monoisotopic (exact) mass is 467 g/mol. The summed E-state index contributed by atoms with van der Waals surface area (Å²) >= 11 is 0. The van der Waals surface area contributed by atoms with Gasteiger partial charge in [-0.3, -0.25) is 9.59 Å². The Kier molecular flexibility index (Phi) is 19.1. The Bertz CT molecular complexity index is 462. The van der Waals surface area contributed by atoms with Crippen LogP contribution < -0.4 is 5.73 Å². The van der Waals surface area contributed by atoms with Crippen molar-refractivity contribution in [2.24, 2.45) is 11.1 Å². The van der Waals surface area contributed by atoms with E-state index in [1.54, 1.807) is 0 Å². The van der Waals surface area contributed by atoms with Gasteiger partial charge in [-0.2, -0.15) is 0 Å². The van der Waals surface area contributed by atoms with Crippen LogP contribution in [-0.2, 0) is 9.59 Å². The molecule has 4 nitrogen and oxygen atoms in total. The molecule has 0 aromatic rings. The van der Waals surface area contributed by atoms with Crippen LogP contribution in [-0.4, -0.2) is 22.4 Å². The van der Waals surface area contributed by atoms with E-state index in [-0.39, 0.29) is 18.0 Å². The predicted octanol–water partition coefficient (Wildman–Crippen LogP) is 8.03. The van der Waals surface area contributed by atoms with Crippen LogP contribution in [0.15, 0.2) is 0 Å². The van der Waals surface area contributed by atoms with Crippen molar-refractivity contribution in [1.29, 1.82) is 0 Å². The van der Waals surface area contributed by atoms with E-state index in [1.807, 2.05) is 6.92 Å². The molecule has 0 aliphatic heterocycles. The highest BCUT2D eigenvalue weighted by atomic mass is 16.3. The quantitative estimate of drug-likeness (QED) is 0.0855. The Morgan fingerprint density at radius 2 is 0.848 bits per heavy atom. The predicted molar refractivity (Wildman–Crippen MR) is 141 cm³/mol. The van der Waals surface area contributed by atoms with E-state index in [2.05, 4.69) is 13.8 Å². The molecule has 196 valence electrons. The van der Waals surface area contributed by atoms with Crippen LogP contribution in [0.3, 0.4) is 0 Å². The molecule has 3 N–H and O–H groups in total. The molecule has 0 radical (unpaired) electrons. The molecule has 0 aromatic heterocycles. The maximum Gasteiger partial charge on any atom is 0.150 e. The molecule has 1 atom stereocenters.